The number of carbonyl (C=O) groups excluding carboxylic acids is 2. The topological polar surface area (TPSA) is 265 Å². The number of nitrogens with two attached hydrogens (primary N) is 1. The van der Waals surface area contributed by atoms with E-state index < -0.39 is 83.7 Å². The lowest BCUT2D eigenvalue weighted by molar-refractivity contribution is -0.161. The van der Waals surface area contributed by atoms with Crippen molar-refractivity contribution in [2.45, 2.75) is 193 Å². The number of carbonyl (C=O) groups is 2. The van der Waals surface area contributed by atoms with Crippen LogP contribution >= 0.6 is 15.6 Å². The van der Waals surface area contributed by atoms with Crippen molar-refractivity contribution in [2.75, 3.05) is 25.6 Å². The highest BCUT2D eigenvalue weighted by atomic mass is 31.3. The number of hydrogen-bond acceptors (Lipinski definition) is 15. The molecule has 18 nitrogen and oxygen atoms in total. The van der Waals surface area contributed by atoms with Gasteiger partial charge < -0.3 is 39.9 Å². The zero-order valence-corrected chi connectivity index (χ0v) is 38.6. The zero-order valence-electron chi connectivity index (χ0n) is 36.8. The number of nitrogen functional groups attached to an aromatic ring is 1. The number of hydrogen-bond donors (Lipinski definition) is 5. The maximum absolute atomic E-state index is 12.8. The second-order valence-corrected chi connectivity index (χ2v) is 19.7. The molecule has 1 aromatic heterocycles. The Morgan fingerprint density at radius 3 is 1.87 bits per heavy atom. The molecule has 6 N–H and O–H groups in total. The Labute approximate surface area is 361 Å². The van der Waals surface area contributed by atoms with Crippen LogP contribution in [-0.2, 0) is 46.3 Å². The summed E-state index contributed by atoms with van der Waals surface area (Å²) in [7, 11) is -10.8. The summed E-state index contributed by atoms with van der Waals surface area (Å²) in [6, 6.07) is 1.25. The van der Waals surface area contributed by atoms with Crippen LogP contribution in [0.15, 0.2) is 17.1 Å². The second kappa shape index (κ2) is 30.0. The molecule has 20 heteroatoms. The molecule has 2 heterocycles. The van der Waals surface area contributed by atoms with Crippen molar-refractivity contribution in [3.05, 3.63) is 22.7 Å². The number of ether oxygens (including phenoxy) is 3. The van der Waals surface area contributed by atoms with E-state index in [-0.39, 0.29) is 18.7 Å². The van der Waals surface area contributed by atoms with E-state index in [0.717, 1.165) is 74.5 Å². The van der Waals surface area contributed by atoms with Crippen LogP contribution in [0.5, 0.6) is 0 Å². The zero-order chi connectivity index (χ0) is 45.3. The SMILES string of the molecule is CCC(C)CCCCCCCCCCCCC(=O)OC[C@H](COP(=O)(O)OP(=O)(O)OC[C@H]1O[C@@H](n2ccc(N)nc2=O)C(O)[C@H]1O)OC(=O)CCCCCCCCC(C)C. The summed E-state index contributed by atoms with van der Waals surface area (Å²) in [4.78, 5) is 61.5. The van der Waals surface area contributed by atoms with Gasteiger partial charge in [-0.15, -0.1) is 0 Å². The van der Waals surface area contributed by atoms with Crippen molar-refractivity contribution >= 4 is 33.4 Å². The van der Waals surface area contributed by atoms with E-state index in [4.69, 9.17) is 29.0 Å². The van der Waals surface area contributed by atoms with Gasteiger partial charge in [-0.3, -0.25) is 23.2 Å². The standard InChI is InChI=1S/C41H75N3O15P2/c1-5-32(4)23-19-15-10-8-6-7-9-11-16-20-24-36(45)54-28-33(57-37(46)25-21-17-13-12-14-18-22-31(2)3)29-55-60(50,51)59-61(52,53)56-30-34-38(47)39(48)40(58-34)44-27-26-35(42)43-41(44)49/h26-27,31-34,38-40,47-48H,5-25,28-30H2,1-4H3,(H,50,51)(H,52,53)(H2,42,43,49)/t32?,33-,34-,38+,39?,40-/m1/s1. The van der Waals surface area contributed by atoms with Gasteiger partial charge in [0.05, 0.1) is 13.2 Å². The summed E-state index contributed by atoms with van der Waals surface area (Å²) in [6.45, 7) is 6.64. The molecule has 2 rings (SSSR count). The molecule has 1 saturated heterocycles. The van der Waals surface area contributed by atoms with E-state index in [2.05, 4.69) is 37.0 Å². The fourth-order valence-electron chi connectivity index (χ4n) is 6.77. The monoisotopic (exact) mass is 911 g/mol. The van der Waals surface area contributed by atoms with Gasteiger partial charge in [-0.1, -0.05) is 137 Å². The summed E-state index contributed by atoms with van der Waals surface area (Å²) >= 11 is 0. The molecular formula is C41H75N3O15P2. The number of nitrogens with zero attached hydrogens (tertiary/aromatic N) is 2. The number of unbranched alkanes of at least 4 members (excludes halogenated alkanes) is 14. The Bertz CT molecular complexity index is 1550. The van der Waals surface area contributed by atoms with Gasteiger partial charge in [0.1, 0.15) is 30.7 Å². The highest BCUT2D eigenvalue weighted by Crippen LogP contribution is 2.60. The summed E-state index contributed by atoms with van der Waals surface area (Å²) in [5.41, 5.74) is 4.57. The minimum atomic E-state index is -5.41. The largest absolute Gasteiger partial charge is 0.481 e. The summed E-state index contributed by atoms with van der Waals surface area (Å²) in [5.74, 6) is 0.175. The number of aliphatic hydroxyl groups is 2. The van der Waals surface area contributed by atoms with E-state index in [1.807, 2.05) is 0 Å². The second-order valence-electron chi connectivity index (χ2n) is 16.6. The molecule has 8 atom stereocenters. The van der Waals surface area contributed by atoms with Crippen molar-refractivity contribution in [1.82, 2.24) is 9.55 Å². The van der Waals surface area contributed by atoms with Gasteiger partial charge in [-0.2, -0.15) is 9.29 Å². The third kappa shape index (κ3) is 24.4. The van der Waals surface area contributed by atoms with Crippen molar-refractivity contribution < 1.29 is 66.3 Å². The molecule has 0 radical (unpaired) electrons. The van der Waals surface area contributed by atoms with Gasteiger partial charge in [0, 0.05) is 19.0 Å². The average molecular weight is 912 g/mol. The van der Waals surface area contributed by atoms with Crippen LogP contribution in [0.2, 0.25) is 0 Å². The molecule has 0 spiro atoms. The lowest BCUT2D eigenvalue weighted by atomic mass is 9.99. The fourth-order valence-corrected chi connectivity index (χ4v) is 8.88. The van der Waals surface area contributed by atoms with E-state index in [1.165, 1.54) is 57.4 Å². The Balaban J connectivity index is 1.83. The molecule has 0 aliphatic carbocycles. The molecule has 0 amide bonds. The number of rotatable bonds is 35. The third-order valence-corrected chi connectivity index (χ3v) is 13.3. The lowest BCUT2D eigenvalue weighted by Crippen LogP contribution is -2.36. The Kier molecular flexibility index (Phi) is 27.0. The Hall–Kier alpha value is -2.24. The molecule has 0 aromatic carbocycles. The van der Waals surface area contributed by atoms with Crippen LogP contribution in [0.4, 0.5) is 5.82 Å². The van der Waals surface area contributed by atoms with Crippen molar-refractivity contribution in [1.29, 1.82) is 0 Å². The van der Waals surface area contributed by atoms with Gasteiger partial charge in [0.25, 0.3) is 0 Å². The van der Waals surface area contributed by atoms with E-state index in [1.54, 1.807) is 0 Å². The molecule has 354 valence electrons. The molecule has 0 bridgehead atoms. The molecular weight excluding hydrogens is 836 g/mol. The summed E-state index contributed by atoms with van der Waals surface area (Å²) < 4.78 is 56.5. The van der Waals surface area contributed by atoms with E-state index >= 15 is 0 Å². The molecule has 1 aliphatic heterocycles. The van der Waals surface area contributed by atoms with Gasteiger partial charge in [0.15, 0.2) is 12.3 Å². The van der Waals surface area contributed by atoms with E-state index in [9.17, 15) is 43.5 Å². The number of phosphoric acid groups is 2. The number of phosphoric ester groups is 2. The number of aliphatic hydroxyl groups excluding tert-OH is 2. The van der Waals surface area contributed by atoms with Crippen LogP contribution in [-0.4, -0.2) is 85.7 Å². The normalized spacial score (nSPS) is 20.9. The first-order valence-electron chi connectivity index (χ1n) is 22.3. The number of esters is 2. The van der Waals surface area contributed by atoms with Crippen molar-refractivity contribution in [2.24, 2.45) is 11.8 Å². The maximum atomic E-state index is 12.8. The first-order chi connectivity index (χ1) is 28.9. The average Bonchev–Trinajstić information content (AvgIpc) is 3.47. The molecule has 1 fully saturated rings. The van der Waals surface area contributed by atoms with Gasteiger partial charge in [-0.25, -0.2) is 13.9 Å². The van der Waals surface area contributed by atoms with Crippen LogP contribution in [0.25, 0.3) is 0 Å². The Morgan fingerprint density at radius 1 is 0.787 bits per heavy atom. The maximum Gasteiger partial charge on any atom is 0.481 e. The number of aromatic nitrogens is 2. The summed E-state index contributed by atoms with van der Waals surface area (Å²) in [6.07, 6.45) is 14.0. The Morgan fingerprint density at radius 2 is 1.31 bits per heavy atom. The lowest BCUT2D eigenvalue weighted by Gasteiger charge is -2.21. The molecule has 4 unspecified atom stereocenters. The third-order valence-electron chi connectivity index (χ3n) is 10.7. The highest BCUT2D eigenvalue weighted by molar-refractivity contribution is 7.61. The first kappa shape index (κ1) is 54.9. The summed E-state index contributed by atoms with van der Waals surface area (Å²) in [5, 5.41) is 20.8. The molecule has 0 saturated carbocycles. The molecule has 61 heavy (non-hydrogen) atoms. The minimum Gasteiger partial charge on any atom is -0.462 e. The highest BCUT2D eigenvalue weighted by Gasteiger charge is 2.46. The van der Waals surface area contributed by atoms with Crippen LogP contribution in [0, 0.1) is 11.8 Å². The van der Waals surface area contributed by atoms with Crippen LogP contribution in [0.1, 0.15) is 169 Å². The number of anilines is 1. The van der Waals surface area contributed by atoms with Crippen molar-refractivity contribution in [3.8, 4) is 0 Å². The predicted octanol–water partition coefficient (Wildman–Crippen LogP) is 7.65. The van der Waals surface area contributed by atoms with Gasteiger partial charge in [-0.05, 0) is 30.7 Å². The van der Waals surface area contributed by atoms with E-state index in [0.29, 0.717) is 18.8 Å². The fraction of sp³-hybridized carbons (Fsp3) is 0.854. The smallest absolute Gasteiger partial charge is 0.462 e. The first-order valence-corrected chi connectivity index (χ1v) is 25.3. The predicted molar refractivity (Wildman–Crippen MR) is 229 cm³/mol. The van der Waals surface area contributed by atoms with Crippen LogP contribution < -0.4 is 11.4 Å². The quantitative estimate of drug-likeness (QED) is 0.0249. The van der Waals surface area contributed by atoms with Gasteiger partial charge in [0.2, 0.25) is 0 Å². The molecule has 1 aromatic rings. The molecule has 1 aliphatic rings. The van der Waals surface area contributed by atoms with Gasteiger partial charge >= 0.3 is 33.3 Å². The van der Waals surface area contributed by atoms with Crippen molar-refractivity contribution in [3.63, 3.8) is 0 Å². The minimum absolute atomic E-state index is 0.0514. The van der Waals surface area contributed by atoms with Crippen LogP contribution in [0.3, 0.4) is 0 Å².